The van der Waals surface area contributed by atoms with Crippen molar-refractivity contribution >= 4 is 28.9 Å². The van der Waals surface area contributed by atoms with Gasteiger partial charge in [-0.1, -0.05) is 5.16 Å². The fourth-order valence-corrected chi connectivity index (χ4v) is 3.03. The summed E-state index contributed by atoms with van der Waals surface area (Å²) in [5.74, 6) is 0.0645. The van der Waals surface area contributed by atoms with Gasteiger partial charge in [-0.05, 0) is 30.3 Å². The molecule has 2 rings (SSSR count). The standard InChI is InChI=1S/C10H10N4OS2/c1-6-2-3-12-9(7(6)8(11)14-15)17-10-13-4-5-16-10/h2-5,15H,1H3,(H2,11,14). The van der Waals surface area contributed by atoms with Crippen LogP contribution in [0.5, 0.6) is 0 Å². The molecule has 0 saturated heterocycles. The first-order valence-electron chi connectivity index (χ1n) is 4.73. The van der Waals surface area contributed by atoms with E-state index in [0.717, 1.165) is 9.90 Å². The number of hydrogen-bond donors (Lipinski definition) is 2. The minimum Gasteiger partial charge on any atom is -0.409 e. The van der Waals surface area contributed by atoms with Crippen LogP contribution in [0.3, 0.4) is 0 Å². The Morgan fingerprint density at radius 2 is 2.29 bits per heavy atom. The van der Waals surface area contributed by atoms with Crippen molar-refractivity contribution in [2.75, 3.05) is 0 Å². The molecule has 2 heterocycles. The quantitative estimate of drug-likeness (QED) is 0.384. The summed E-state index contributed by atoms with van der Waals surface area (Å²) in [6, 6.07) is 1.82. The number of amidine groups is 1. The van der Waals surface area contributed by atoms with Gasteiger partial charge in [0.15, 0.2) is 10.2 Å². The van der Waals surface area contributed by atoms with Crippen LogP contribution in [0.15, 0.2) is 38.4 Å². The molecule has 0 bridgehead atoms. The Bertz CT molecular complexity index is 539. The molecule has 3 N–H and O–H groups in total. The molecule has 0 unspecified atom stereocenters. The molecule has 0 spiro atoms. The van der Waals surface area contributed by atoms with Crippen LogP contribution >= 0.6 is 23.1 Å². The number of rotatable bonds is 3. The second-order valence-electron chi connectivity index (χ2n) is 3.19. The van der Waals surface area contributed by atoms with E-state index >= 15 is 0 Å². The van der Waals surface area contributed by atoms with Gasteiger partial charge in [-0.15, -0.1) is 11.3 Å². The van der Waals surface area contributed by atoms with Crippen molar-refractivity contribution in [1.82, 2.24) is 9.97 Å². The highest BCUT2D eigenvalue weighted by Gasteiger charge is 2.13. The third-order valence-corrected chi connectivity index (χ3v) is 3.97. The van der Waals surface area contributed by atoms with Gasteiger partial charge in [-0.2, -0.15) is 0 Å². The molecule has 0 saturated carbocycles. The topological polar surface area (TPSA) is 84.4 Å². The van der Waals surface area contributed by atoms with Crippen molar-refractivity contribution in [1.29, 1.82) is 0 Å². The molecule has 0 amide bonds. The normalized spacial score (nSPS) is 11.7. The van der Waals surface area contributed by atoms with Crippen molar-refractivity contribution in [2.45, 2.75) is 16.3 Å². The molecule has 7 heteroatoms. The summed E-state index contributed by atoms with van der Waals surface area (Å²) in [5.41, 5.74) is 7.21. The molecule has 17 heavy (non-hydrogen) atoms. The fourth-order valence-electron chi connectivity index (χ4n) is 1.32. The van der Waals surface area contributed by atoms with Gasteiger partial charge >= 0.3 is 0 Å². The lowest BCUT2D eigenvalue weighted by Gasteiger charge is -2.08. The Kier molecular flexibility index (Phi) is 3.60. The van der Waals surface area contributed by atoms with Gasteiger partial charge in [0.25, 0.3) is 0 Å². The Hall–Kier alpha value is -1.60. The summed E-state index contributed by atoms with van der Waals surface area (Å²) in [5, 5.41) is 14.4. The lowest BCUT2D eigenvalue weighted by molar-refractivity contribution is 0.318. The third kappa shape index (κ3) is 2.56. The lowest BCUT2D eigenvalue weighted by Crippen LogP contribution is -2.16. The van der Waals surface area contributed by atoms with Crippen LogP contribution in [-0.4, -0.2) is 21.0 Å². The highest BCUT2D eigenvalue weighted by atomic mass is 32.2. The summed E-state index contributed by atoms with van der Waals surface area (Å²) >= 11 is 2.92. The minimum atomic E-state index is 0.0645. The second-order valence-corrected chi connectivity index (χ2v) is 5.32. The van der Waals surface area contributed by atoms with Crippen LogP contribution < -0.4 is 5.73 Å². The Labute approximate surface area is 106 Å². The van der Waals surface area contributed by atoms with Crippen molar-refractivity contribution in [3.8, 4) is 0 Å². The molecule has 0 aliphatic carbocycles. The maximum absolute atomic E-state index is 8.78. The van der Waals surface area contributed by atoms with Gasteiger partial charge in [-0.3, -0.25) is 0 Å². The predicted molar refractivity (Wildman–Crippen MR) is 67.7 cm³/mol. The van der Waals surface area contributed by atoms with E-state index in [1.807, 2.05) is 18.4 Å². The van der Waals surface area contributed by atoms with E-state index in [0.29, 0.717) is 10.6 Å². The average Bonchev–Trinajstić information content (AvgIpc) is 2.81. The van der Waals surface area contributed by atoms with E-state index < -0.39 is 0 Å². The van der Waals surface area contributed by atoms with Gasteiger partial charge in [-0.25, -0.2) is 9.97 Å². The van der Waals surface area contributed by atoms with E-state index in [1.54, 1.807) is 12.4 Å². The van der Waals surface area contributed by atoms with Gasteiger partial charge in [0.05, 0.1) is 5.56 Å². The van der Waals surface area contributed by atoms with Crippen LogP contribution in [-0.2, 0) is 0 Å². The highest BCUT2D eigenvalue weighted by Crippen LogP contribution is 2.31. The molecule has 0 aliphatic rings. The number of hydrogen-bond acceptors (Lipinski definition) is 6. The van der Waals surface area contributed by atoms with Crippen LogP contribution in [0, 0.1) is 6.92 Å². The zero-order valence-electron chi connectivity index (χ0n) is 8.99. The molecular weight excluding hydrogens is 256 g/mol. The second kappa shape index (κ2) is 5.15. The summed E-state index contributed by atoms with van der Waals surface area (Å²) in [7, 11) is 0. The number of oxime groups is 1. The van der Waals surface area contributed by atoms with Crippen LogP contribution in [0.4, 0.5) is 0 Å². The molecular formula is C10H10N4OS2. The Morgan fingerprint density at radius 1 is 1.47 bits per heavy atom. The smallest absolute Gasteiger partial charge is 0.173 e. The molecule has 2 aromatic heterocycles. The number of nitrogens with zero attached hydrogens (tertiary/aromatic N) is 3. The maximum atomic E-state index is 8.78. The first-order valence-corrected chi connectivity index (χ1v) is 6.43. The summed E-state index contributed by atoms with van der Waals surface area (Å²) in [6.07, 6.45) is 3.42. The van der Waals surface area contributed by atoms with E-state index in [2.05, 4.69) is 15.1 Å². The van der Waals surface area contributed by atoms with E-state index in [1.165, 1.54) is 23.1 Å². The number of aromatic nitrogens is 2. The summed E-state index contributed by atoms with van der Waals surface area (Å²) in [4.78, 5) is 8.41. The van der Waals surface area contributed by atoms with E-state index in [9.17, 15) is 0 Å². The Balaban J connectivity index is 2.43. The molecule has 5 nitrogen and oxygen atoms in total. The van der Waals surface area contributed by atoms with Crippen molar-refractivity contribution in [3.63, 3.8) is 0 Å². The zero-order valence-corrected chi connectivity index (χ0v) is 10.6. The van der Waals surface area contributed by atoms with E-state index in [-0.39, 0.29) is 5.84 Å². The summed E-state index contributed by atoms with van der Waals surface area (Å²) < 4.78 is 0.870. The van der Waals surface area contributed by atoms with Crippen LogP contribution in [0.2, 0.25) is 0 Å². The lowest BCUT2D eigenvalue weighted by atomic mass is 10.1. The average molecular weight is 266 g/mol. The predicted octanol–water partition coefficient (Wildman–Crippen LogP) is 2.09. The molecule has 88 valence electrons. The van der Waals surface area contributed by atoms with Crippen molar-refractivity contribution < 1.29 is 5.21 Å². The number of aryl methyl sites for hydroxylation is 1. The van der Waals surface area contributed by atoms with Crippen molar-refractivity contribution in [3.05, 3.63) is 35.0 Å². The first kappa shape index (κ1) is 11.9. The van der Waals surface area contributed by atoms with Crippen molar-refractivity contribution in [2.24, 2.45) is 10.9 Å². The Morgan fingerprint density at radius 3 is 2.94 bits per heavy atom. The van der Waals surface area contributed by atoms with Gasteiger partial charge in [0.2, 0.25) is 0 Å². The number of pyridine rings is 1. The first-order chi connectivity index (χ1) is 8.22. The monoisotopic (exact) mass is 266 g/mol. The molecule has 0 radical (unpaired) electrons. The molecule has 0 aromatic carbocycles. The zero-order chi connectivity index (χ0) is 12.3. The molecule has 0 aliphatic heterocycles. The van der Waals surface area contributed by atoms with Crippen LogP contribution in [0.1, 0.15) is 11.1 Å². The molecule has 0 fully saturated rings. The number of thiazole rings is 1. The van der Waals surface area contributed by atoms with Gasteiger partial charge in [0, 0.05) is 17.8 Å². The highest BCUT2D eigenvalue weighted by molar-refractivity contribution is 8.01. The van der Waals surface area contributed by atoms with Crippen LogP contribution in [0.25, 0.3) is 0 Å². The minimum absolute atomic E-state index is 0.0645. The molecule has 2 aromatic rings. The van der Waals surface area contributed by atoms with E-state index in [4.69, 9.17) is 10.9 Å². The number of nitrogens with two attached hydrogens (primary N) is 1. The van der Waals surface area contributed by atoms with Gasteiger partial charge in [0.1, 0.15) is 5.03 Å². The SMILES string of the molecule is Cc1ccnc(Sc2nccs2)c1/C(N)=N/O. The summed E-state index contributed by atoms with van der Waals surface area (Å²) in [6.45, 7) is 1.89. The van der Waals surface area contributed by atoms with Gasteiger partial charge < -0.3 is 10.9 Å². The third-order valence-electron chi connectivity index (χ3n) is 2.08. The molecule has 0 atom stereocenters. The fraction of sp³-hybridized carbons (Fsp3) is 0.100. The largest absolute Gasteiger partial charge is 0.409 e. The maximum Gasteiger partial charge on any atom is 0.173 e.